The summed E-state index contributed by atoms with van der Waals surface area (Å²) < 4.78 is 0. The van der Waals surface area contributed by atoms with Gasteiger partial charge >= 0.3 is 0 Å². The molecule has 2 fully saturated rings. The number of rotatable bonds is 6. The predicted molar refractivity (Wildman–Crippen MR) is 83.3 cm³/mol. The van der Waals surface area contributed by atoms with Crippen LogP contribution in [0.4, 0.5) is 0 Å². The van der Waals surface area contributed by atoms with Gasteiger partial charge in [-0.1, -0.05) is 26.7 Å². The fourth-order valence-corrected chi connectivity index (χ4v) is 4.65. The largest absolute Gasteiger partial charge is 0.329 e. The van der Waals surface area contributed by atoms with Gasteiger partial charge in [0.25, 0.3) is 0 Å². The highest BCUT2D eigenvalue weighted by Gasteiger charge is 2.45. The van der Waals surface area contributed by atoms with Gasteiger partial charge in [-0.25, -0.2) is 0 Å². The molecule has 2 saturated carbocycles. The summed E-state index contributed by atoms with van der Waals surface area (Å²) in [4.78, 5) is 2.73. The van der Waals surface area contributed by atoms with E-state index in [0.717, 1.165) is 12.0 Å². The Balaban J connectivity index is 2.02. The van der Waals surface area contributed by atoms with E-state index in [0.29, 0.717) is 5.54 Å². The van der Waals surface area contributed by atoms with Crippen LogP contribution in [0.15, 0.2) is 0 Å². The lowest BCUT2D eigenvalue weighted by molar-refractivity contribution is 0.0136. The minimum Gasteiger partial charge on any atom is -0.329 e. The van der Waals surface area contributed by atoms with E-state index in [1.807, 2.05) is 0 Å². The number of hydrogen-bond donors (Lipinski definition) is 1. The fourth-order valence-electron chi connectivity index (χ4n) is 4.65. The molecule has 0 radical (unpaired) electrons. The van der Waals surface area contributed by atoms with Crippen LogP contribution in [0, 0.1) is 5.41 Å². The fraction of sp³-hybridized carbons (Fsp3) is 1.00. The highest BCUT2D eigenvalue weighted by atomic mass is 15.2. The number of nitrogens with zero attached hydrogens (tertiary/aromatic N) is 1. The van der Waals surface area contributed by atoms with Crippen molar-refractivity contribution < 1.29 is 0 Å². The Morgan fingerprint density at radius 3 is 1.79 bits per heavy atom. The summed E-state index contributed by atoms with van der Waals surface area (Å²) in [5.74, 6) is 0. The van der Waals surface area contributed by atoms with E-state index in [9.17, 15) is 0 Å². The van der Waals surface area contributed by atoms with Crippen LogP contribution in [-0.2, 0) is 0 Å². The summed E-state index contributed by atoms with van der Waals surface area (Å²) >= 11 is 0. The second-order valence-electron chi connectivity index (χ2n) is 7.12. The molecule has 0 amide bonds. The third-order valence-electron chi connectivity index (χ3n) is 5.94. The third-order valence-corrected chi connectivity index (χ3v) is 5.94. The van der Waals surface area contributed by atoms with Crippen molar-refractivity contribution in [2.75, 3.05) is 19.6 Å². The van der Waals surface area contributed by atoms with Crippen LogP contribution in [0.1, 0.15) is 78.1 Å². The van der Waals surface area contributed by atoms with Gasteiger partial charge in [-0.05, 0) is 69.9 Å². The van der Waals surface area contributed by atoms with Crippen molar-refractivity contribution in [2.45, 2.75) is 83.6 Å². The zero-order chi connectivity index (χ0) is 13.8. The van der Waals surface area contributed by atoms with E-state index < -0.39 is 0 Å². The maximum absolute atomic E-state index is 6.25. The molecule has 0 aromatic rings. The molecule has 2 N–H and O–H groups in total. The van der Waals surface area contributed by atoms with Gasteiger partial charge in [0.1, 0.15) is 0 Å². The molecule has 1 spiro atoms. The first kappa shape index (κ1) is 15.3. The Labute approximate surface area is 120 Å². The maximum Gasteiger partial charge on any atom is 0.0332 e. The molecular formula is C17H34N2. The first-order chi connectivity index (χ1) is 9.20. The molecular weight excluding hydrogens is 232 g/mol. The predicted octanol–water partition coefficient (Wildman–Crippen LogP) is 3.94. The molecule has 0 atom stereocenters. The maximum atomic E-state index is 6.25. The molecule has 19 heavy (non-hydrogen) atoms. The van der Waals surface area contributed by atoms with Crippen molar-refractivity contribution in [3.63, 3.8) is 0 Å². The molecule has 2 heteroatoms. The monoisotopic (exact) mass is 266 g/mol. The highest BCUT2D eigenvalue weighted by Crippen LogP contribution is 2.52. The molecule has 0 aliphatic heterocycles. The molecule has 2 rings (SSSR count). The van der Waals surface area contributed by atoms with Gasteiger partial charge in [-0.3, -0.25) is 4.90 Å². The highest BCUT2D eigenvalue weighted by molar-refractivity contribution is 5.01. The third kappa shape index (κ3) is 3.16. The van der Waals surface area contributed by atoms with Crippen molar-refractivity contribution in [3.05, 3.63) is 0 Å². The van der Waals surface area contributed by atoms with Gasteiger partial charge in [-0.15, -0.1) is 0 Å². The van der Waals surface area contributed by atoms with Crippen molar-refractivity contribution in [2.24, 2.45) is 11.1 Å². The van der Waals surface area contributed by atoms with Gasteiger partial charge in [0, 0.05) is 12.1 Å². The van der Waals surface area contributed by atoms with Crippen LogP contribution >= 0.6 is 0 Å². The molecule has 0 aromatic carbocycles. The lowest BCUT2D eigenvalue weighted by atomic mass is 9.65. The number of hydrogen-bond acceptors (Lipinski definition) is 2. The van der Waals surface area contributed by atoms with Crippen molar-refractivity contribution >= 4 is 0 Å². The summed E-state index contributed by atoms with van der Waals surface area (Å²) in [5, 5.41) is 0. The molecule has 0 saturated heterocycles. The van der Waals surface area contributed by atoms with Crippen LogP contribution in [0.3, 0.4) is 0 Å². The smallest absolute Gasteiger partial charge is 0.0332 e. The van der Waals surface area contributed by atoms with Gasteiger partial charge < -0.3 is 5.73 Å². The molecule has 2 nitrogen and oxygen atoms in total. The van der Waals surface area contributed by atoms with E-state index in [1.165, 1.54) is 77.3 Å². The Morgan fingerprint density at radius 1 is 0.842 bits per heavy atom. The van der Waals surface area contributed by atoms with Crippen LogP contribution in [0.2, 0.25) is 0 Å². The first-order valence-electron chi connectivity index (χ1n) is 8.65. The van der Waals surface area contributed by atoms with Crippen LogP contribution < -0.4 is 5.73 Å². The van der Waals surface area contributed by atoms with Crippen molar-refractivity contribution in [1.29, 1.82) is 0 Å². The van der Waals surface area contributed by atoms with Gasteiger partial charge in [-0.2, -0.15) is 0 Å². The second-order valence-corrected chi connectivity index (χ2v) is 7.12. The quantitative estimate of drug-likeness (QED) is 0.789. The zero-order valence-electron chi connectivity index (χ0n) is 13.2. The van der Waals surface area contributed by atoms with E-state index in [-0.39, 0.29) is 0 Å². The molecule has 0 unspecified atom stereocenters. The average Bonchev–Trinajstić information content (AvgIpc) is 2.89. The van der Waals surface area contributed by atoms with Gasteiger partial charge in [0.15, 0.2) is 0 Å². The summed E-state index contributed by atoms with van der Waals surface area (Å²) in [6.45, 7) is 7.93. The van der Waals surface area contributed by atoms with E-state index >= 15 is 0 Å². The lowest BCUT2D eigenvalue weighted by Crippen LogP contribution is -2.57. The van der Waals surface area contributed by atoms with Crippen LogP contribution in [0.25, 0.3) is 0 Å². The molecule has 0 bridgehead atoms. The summed E-state index contributed by atoms with van der Waals surface area (Å²) in [6.07, 6.45) is 14.0. The Morgan fingerprint density at radius 2 is 1.37 bits per heavy atom. The summed E-state index contributed by atoms with van der Waals surface area (Å²) in [6, 6.07) is 0. The molecule has 2 aliphatic carbocycles. The topological polar surface area (TPSA) is 29.3 Å². The molecule has 112 valence electrons. The minimum atomic E-state index is 0.333. The van der Waals surface area contributed by atoms with Gasteiger partial charge in [0.05, 0.1) is 0 Å². The Hall–Kier alpha value is -0.0800. The normalized spacial score (nSPS) is 25.3. The van der Waals surface area contributed by atoms with Crippen LogP contribution in [-0.4, -0.2) is 30.1 Å². The SMILES string of the molecule is CCCN(CCC)C1(CN)CCC2(CCCC2)CC1. The molecule has 0 heterocycles. The van der Waals surface area contributed by atoms with Crippen molar-refractivity contribution in [1.82, 2.24) is 4.90 Å². The minimum absolute atomic E-state index is 0.333. The lowest BCUT2D eigenvalue weighted by Gasteiger charge is -2.50. The van der Waals surface area contributed by atoms with E-state index in [4.69, 9.17) is 5.73 Å². The van der Waals surface area contributed by atoms with Crippen LogP contribution in [0.5, 0.6) is 0 Å². The zero-order valence-corrected chi connectivity index (χ0v) is 13.2. The van der Waals surface area contributed by atoms with Gasteiger partial charge in [0.2, 0.25) is 0 Å². The first-order valence-corrected chi connectivity index (χ1v) is 8.65. The van der Waals surface area contributed by atoms with E-state index in [1.54, 1.807) is 0 Å². The van der Waals surface area contributed by atoms with Crippen molar-refractivity contribution in [3.8, 4) is 0 Å². The molecule has 0 aromatic heterocycles. The molecule has 2 aliphatic rings. The Kier molecular flexibility index (Phi) is 5.30. The Bertz CT molecular complexity index is 252. The number of nitrogens with two attached hydrogens (primary N) is 1. The second kappa shape index (κ2) is 6.58. The summed E-state index contributed by atoms with van der Waals surface area (Å²) in [5.41, 5.74) is 7.30. The average molecular weight is 266 g/mol. The standard InChI is InChI=1S/C17H34N2/c1-3-13-19(14-4-2)17(15-18)11-9-16(10-12-17)7-5-6-8-16/h3-15,18H2,1-2H3. The summed E-state index contributed by atoms with van der Waals surface area (Å²) in [7, 11) is 0. The van der Waals surface area contributed by atoms with E-state index in [2.05, 4.69) is 18.7 Å².